The van der Waals surface area contributed by atoms with E-state index in [0.717, 1.165) is 27.4 Å². The van der Waals surface area contributed by atoms with Crippen molar-refractivity contribution in [3.05, 3.63) is 28.0 Å². The van der Waals surface area contributed by atoms with Crippen molar-refractivity contribution in [3.63, 3.8) is 0 Å². The van der Waals surface area contributed by atoms with Crippen LogP contribution in [0.5, 0.6) is 0 Å². The summed E-state index contributed by atoms with van der Waals surface area (Å²) < 4.78 is 3.01. The number of fused-ring (bicyclic) bond motifs is 1. The highest BCUT2D eigenvalue weighted by atomic mass is 35.5. The second-order valence-electron chi connectivity index (χ2n) is 5.34. The number of nitrogens with zero attached hydrogens (tertiary/aromatic N) is 1. The van der Waals surface area contributed by atoms with Gasteiger partial charge in [0.1, 0.15) is 0 Å². The predicted molar refractivity (Wildman–Crippen MR) is 74.1 cm³/mol. The Hall–Kier alpha value is -0.800. The van der Waals surface area contributed by atoms with Crippen LogP contribution in [0.1, 0.15) is 26.2 Å². The second kappa shape index (κ2) is 3.85. The van der Waals surface area contributed by atoms with Crippen molar-refractivity contribution in [1.29, 1.82) is 0 Å². The lowest BCUT2D eigenvalue weighted by Crippen LogP contribution is -2.30. The molecule has 1 aromatic heterocycles. The summed E-state index contributed by atoms with van der Waals surface area (Å²) in [6, 6.07) is 5.91. The summed E-state index contributed by atoms with van der Waals surface area (Å²) in [5.74, 6) is 0. The largest absolute Gasteiger partial charge is 0.331 e. The van der Waals surface area contributed by atoms with E-state index in [0.29, 0.717) is 5.41 Å². The molecule has 0 aliphatic heterocycles. The Morgan fingerprint density at radius 2 is 2.24 bits per heavy atom. The fraction of sp³-hybridized carbons (Fsp3) is 0.462. The number of hydrogen-bond acceptors (Lipinski definition) is 1. The summed E-state index contributed by atoms with van der Waals surface area (Å²) >= 11 is 11.4. The topological polar surface area (TPSA) is 20.7 Å². The number of nitrogens with one attached hydrogen (secondary N) is 1. The SMILES string of the molecule is CC1(Cn2c(=S)[nH]c3cc(Cl)ccc32)CCC1. The number of halogens is 1. The van der Waals surface area contributed by atoms with E-state index >= 15 is 0 Å². The Balaban J connectivity index is 2.09. The van der Waals surface area contributed by atoms with E-state index in [4.69, 9.17) is 23.8 Å². The van der Waals surface area contributed by atoms with Gasteiger partial charge in [-0.3, -0.25) is 0 Å². The summed E-state index contributed by atoms with van der Waals surface area (Å²) in [6.07, 6.45) is 3.95. The first-order valence-electron chi connectivity index (χ1n) is 5.96. The van der Waals surface area contributed by atoms with Gasteiger partial charge in [0.05, 0.1) is 11.0 Å². The summed E-state index contributed by atoms with van der Waals surface area (Å²) in [5.41, 5.74) is 2.62. The smallest absolute Gasteiger partial charge is 0.178 e. The maximum Gasteiger partial charge on any atom is 0.178 e. The third-order valence-corrected chi connectivity index (χ3v) is 4.39. The number of aromatic nitrogens is 2. The molecule has 2 nitrogen and oxygen atoms in total. The molecule has 0 saturated heterocycles. The highest BCUT2D eigenvalue weighted by Gasteiger charge is 2.32. The molecule has 17 heavy (non-hydrogen) atoms. The van der Waals surface area contributed by atoms with Crippen molar-refractivity contribution in [2.24, 2.45) is 5.41 Å². The zero-order valence-corrected chi connectivity index (χ0v) is 11.4. The maximum absolute atomic E-state index is 5.99. The summed E-state index contributed by atoms with van der Waals surface area (Å²) in [5, 5.41) is 0.746. The van der Waals surface area contributed by atoms with Gasteiger partial charge in [-0.15, -0.1) is 0 Å². The molecule has 1 N–H and O–H groups in total. The first kappa shape index (κ1) is 11.3. The van der Waals surface area contributed by atoms with Crippen molar-refractivity contribution in [3.8, 4) is 0 Å². The molecule has 1 fully saturated rings. The second-order valence-corrected chi connectivity index (χ2v) is 6.17. The molecule has 1 aromatic carbocycles. The Morgan fingerprint density at radius 1 is 1.47 bits per heavy atom. The highest BCUT2D eigenvalue weighted by molar-refractivity contribution is 7.71. The zero-order valence-electron chi connectivity index (χ0n) is 9.79. The van der Waals surface area contributed by atoms with Crippen molar-refractivity contribution in [1.82, 2.24) is 9.55 Å². The van der Waals surface area contributed by atoms with Crippen molar-refractivity contribution >= 4 is 34.9 Å². The first-order chi connectivity index (χ1) is 8.07. The van der Waals surface area contributed by atoms with Crippen LogP contribution in [-0.4, -0.2) is 9.55 Å². The molecule has 0 spiro atoms. The summed E-state index contributed by atoms with van der Waals surface area (Å²) in [6.45, 7) is 3.35. The molecule has 1 aliphatic carbocycles. The molecule has 3 rings (SSSR count). The molecule has 0 unspecified atom stereocenters. The molecule has 0 radical (unpaired) electrons. The number of benzene rings is 1. The third kappa shape index (κ3) is 1.91. The monoisotopic (exact) mass is 266 g/mol. The van der Waals surface area contributed by atoms with E-state index in [-0.39, 0.29) is 0 Å². The molecule has 1 heterocycles. The van der Waals surface area contributed by atoms with Gasteiger partial charge in [-0.2, -0.15) is 0 Å². The van der Waals surface area contributed by atoms with E-state index in [2.05, 4.69) is 16.5 Å². The fourth-order valence-electron chi connectivity index (χ4n) is 2.61. The molecular formula is C13H15ClN2S. The fourth-order valence-corrected chi connectivity index (χ4v) is 3.06. The van der Waals surface area contributed by atoms with E-state index in [9.17, 15) is 0 Å². The molecule has 1 aliphatic rings. The van der Waals surface area contributed by atoms with Crippen LogP contribution in [0.4, 0.5) is 0 Å². The normalized spacial score (nSPS) is 18.2. The van der Waals surface area contributed by atoms with Gasteiger partial charge in [-0.1, -0.05) is 24.9 Å². The lowest BCUT2D eigenvalue weighted by Gasteiger charge is -2.38. The Morgan fingerprint density at radius 3 is 2.88 bits per heavy atom. The minimum atomic E-state index is 0.424. The number of H-pyrrole nitrogens is 1. The molecule has 2 aromatic rings. The minimum absolute atomic E-state index is 0.424. The average Bonchev–Trinajstić information content (AvgIpc) is 2.52. The molecule has 4 heteroatoms. The maximum atomic E-state index is 5.99. The summed E-state index contributed by atoms with van der Waals surface area (Å²) in [4.78, 5) is 3.23. The Kier molecular flexibility index (Phi) is 2.56. The van der Waals surface area contributed by atoms with Gasteiger partial charge >= 0.3 is 0 Å². The van der Waals surface area contributed by atoms with Crippen LogP contribution in [0, 0.1) is 10.2 Å². The van der Waals surface area contributed by atoms with Crippen LogP contribution < -0.4 is 0 Å². The van der Waals surface area contributed by atoms with E-state index in [1.807, 2.05) is 18.2 Å². The van der Waals surface area contributed by atoms with Crippen LogP contribution in [0.3, 0.4) is 0 Å². The number of aromatic amines is 1. The van der Waals surface area contributed by atoms with Gasteiger partial charge in [0.2, 0.25) is 0 Å². The van der Waals surface area contributed by atoms with E-state index in [1.165, 1.54) is 19.3 Å². The van der Waals surface area contributed by atoms with Crippen LogP contribution in [0.15, 0.2) is 18.2 Å². The van der Waals surface area contributed by atoms with Gasteiger partial charge in [0, 0.05) is 11.6 Å². The number of hydrogen-bond donors (Lipinski definition) is 1. The van der Waals surface area contributed by atoms with Crippen LogP contribution in [-0.2, 0) is 6.54 Å². The standard InChI is InChI=1S/C13H15ClN2S/c1-13(5-2-6-13)8-16-11-4-3-9(14)7-10(11)15-12(16)17/h3-4,7H,2,5-6,8H2,1H3,(H,15,17). The molecular weight excluding hydrogens is 252 g/mol. The lowest BCUT2D eigenvalue weighted by atomic mass is 9.70. The first-order valence-corrected chi connectivity index (χ1v) is 6.74. The van der Waals surface area contributed by atoms with Crippen molar-refractivity contribution in [2.45, 2.75) is 32.7 Å². The van der Waals surface area contributed by atoms with Crippen molar-refractivity contribution < 1.29 is 0 Å². The Labute approximate surface area is 111 Å². The quantitative estimate of drug-likeness (QED) is 0.792. The third-order valence-electron chi connectivity index (χ3n) is 3.84. The van der Waals surface area contributed by atoms with E-state index < -0.39 is 0 Å². The van der Waals surface area contributed by atoms with E-state index in [1.54, 1.807) is 0 Å². The molecule has 90 valence electrons. The molecule has 0 bridgehead atoms. The van der Waals surface area contributed by atoms with Crippen LogP contribution in [0.25, 0.3) is 11.0 Å². The van der Waals surface area contributed by atoms with Crippen LogP contribution >= 0.6 is 23.8 Å². The van der Waals surface area contributed by atoms with Gasteiger partial charge < -0.3 is 9.55 Å². The average molecular weight is 267 g/mol. The molecule has 0 amide bonds. The minimum Gasteiger partial charge on any atom is -0.331 e. The van der Waals surface area contributed by atoms with Crippen LogP contribution in [0.2, 0.25) is 5.02 Å². The summed E-state index contributed by atoms with van der Waals surface area (Å²) in [7, 11) is 0. The van der Waals surface area contributed by atoms with Gasteiger partial charge in [0.15, 0.2) is 4.77 Å². The van der Waals surface area contributed by atoms with Gasteiger partial charge in [0.25, 0.3) is 0 Å². The van der Waals surface area contributed by atoms with Gasteiger partial charge in [-0.25, -0.2) is 0 Å². The molecule has 1 saturated carbocycles. The van der Waals surface area contributed by atoms with Gasteiger partial charge in [-0.05, 0) is 48.7 Å². The molecule has 0 atom stereocenters. The number of rotatable bonds is 2. The zero-order chi connectivity index (χ0) is 12.0. The Bertz CT molecular complexity index is 622. The van der Waals surface area contributed by atoms with Crippen molar-refractivity contribution in [2.75, 3.05) is 0 Å². The number of imidazole rings is 1. The predicted octanol–water partition coefficient (Wildman–Crippen LogP) is 4.54. The lowest BCUT2D eigenvalue weighted by molar-refractivity contribution is 0.133. The highest BCUT2D eigenvalue weighted by Crippen LogP contribution is 2.42.